The molecule has 0 spiro atoms. The van der Waals surface area contributed by atoms with Crippen LogP contribution in [0.15, 0.2) is 41.3 Å². The first-order valence-corrected chi connectivity index (χ1v) is 7.91. The predicted molar refractivity (Wildman–Crippen MR) is 92.1 cm³/mol. The van der Waals surface area contributed by atoms with Gasteiger partial charge in [0.1, 0.15) is 0 Å². The quantitative estimate of drug-likeness (QED) is 0.821. The molecule has 0 aromatic carbocycles. The van der Waals surface area contributed by atoms with Gasteiger partial charge >= 0.3 is 5.97 Å². The SMILES string of the molecule is CC1=C(/C=C/C(C)=C/c2cnc(C(=O)O)cn2)C(C)(C)CCC1. The van der Waals surface area contributed by atoms with Crippen LogP contribution in [-0.4, -0.2) is 21.0 Å². The highest BCUT2D eigenvalue weighted by molar-refractivity contribution is 5.84. The third-order valence-electron chi connectivity index (χ3n) is 4.32. The summed E-state index contributed by atoms with van der Waals surface area (Å²) in [5, 5.41) is 8.83. The maximum absolute atomic E-state index is 10.8. The number of hydrogen-bond acceptors (Lipinski definition) is 3. The molecule has 1 N–H and O–H groups in total. The summed E-state index contributed by atoms with van der Waals surface area (Å²) in [4.78, 5) is 18.8. The number of aromatic carboxylic acids is 1. The van der Waals surface area contributed by atoms with Crippen molar-refractivity contribution in [1.82, 2.24) is 9.97 Å². The second-order valence-electron chi connectivity index (χ2n) is 6.78. The van der Waals surface area contributed by atoms with Gasteiger partial charge in [-0.1, -0.05) is 31.6 Å². The fourth-order valence-electron chi connectivity index (χ4n) is 3.03. The van der Waals surface area contributed by atoms with E-state index in [1.54, 1.807) is 0 Å². The average molecular weight is 312 g/mol. The number of aromatic nitrogens is 2. The molecular formula is C19H24N2O2. The molecule has 2 rings (SSSR count). The molecule has 1 aliphatic carbocycles. The van der Waals surface area contributed by atoms with Crippen LogP contribution in [0.4, 0.5) is 0 Å². The molecule has 23 heavy (non-hydrogen) atoms. The minimum Gasteiger partial charge on any atom is -0.476 e. The Balaban J connectivity index is 2.17. The highest BCUT2D eigenvalue weighted by Crippen LogP contribution is 2.40. The Morgan fingerprint density at radius 2 is 2.04 bits per heavy atom. The minimum atomic E-state index is -1.06. The zero-order valence-electron chi connectivity index (χ0n) is 14.3. The summed E-state index contributed by atoms with van der Waals surface area (Å²) in [7, 11) is 0. The first-order valence-electron chi connectivity index (χ1n) is 7.91. The molecule has 122 valence electrons. The molecule has 1 aliphatic rings. The van der Waals surface area contributed by atoms with Gasteiger partial charge in [-0.15, -0.1) is 0 Å². The lowest BCUT2D eigenvalue weighted by atomic mass is 9.72. The normalized spacial score (nSPS) is 18.5. The van der Waals surface area contributed by atoms with Gasteiger partial charge in [-0.25, -0.2) is 9.78 Å². The molecule has 0 saturated carbocycles. The largest absolute Gasteiger partial charge is 0.476 e. The molecule has 0 radical (unpaired) electrons. The fraction of sp³-hybridized carbons (Fsp3) is 0.421. The third-order valence-corrected chi connectivity index (χ3v) is 4.32. The zero-order chi connectivity index (χ0) is 17.0. The molecular weight excluding hydrogens is 288 g/mol. The van der Waals surface area contributed by atoms with Crippen molar-refractivity contribution in [3.05, 3.63) is 52.7 Å². The van der Waals surface area contributed by atoms with Gasteiger partial charge < -0.3 is 5.11 Å². The van der Waals surface area contributed by atoms with Crippen molar-refractivity contribution in [2.75, 3.05) is 0 Å². The smallest absolute Gasteiger partial charge is 0.356 e. The molecule has 4 nitrogen and oxygen atoms in total. The van der Waals surface area contributed by atoms with E-state index in [1.165, 1.54) is 42.8 Å². The van der Waals surface area contributed by atoms with E-state index in [0.717, 1.165) is 5.57 Å². The molecule has 0 aliphatic heterocycles. The van der Waals surface area contributed by atoms with Crippen LogP contribution in [0.3, 0.4) is 0 Å². The topological polar surface area (TPSA) is 63.1 Å². The number of carboxylic acids is 1. The molecule has 0 atom stereocenters. The minimum absolute atomic E-state index is 0.0416. The van der Waals surface area contributed by atoms with E-state index in [9.17, 15) is 4.79 Å². The fourth-order valence-corrected chi connectivity index (χ4v) is 3.03. The van der Waals surface area contributed by atoms with Crippen LogP contribution in [0.2, 0.25) is 0 Å². The lowest BCUT2D eigenvalue weighted by Crippen LogP contribution is -2.19. The molecule has 1 aromatic heterocycles. The van der Waals surface area contributed by atoms with Crippen molar-refractivity contribution in [3.63, 3.8) is 0 Å². The van der Waals surface area contributed by atoms with Crippen LogP contribution < -0.4 is 0 Å². The Morgan fingerprint density at radius 1 is 1.30 bits per heavy atom. The van der Waals surface area contributed by atoms with Gasteiger partial charge in [0, 0.05) is 0 Å². The Bertz CT molecular complexity index is 680. The summed E-state index contributed by atoms with van der Waals surface area (Å²) < 4.78 is 0. The zero-order valence-corrected chi connectivity index (χ0v) is 14.3. The number of rotatable bonds is 4. The van der Waals surface area contributed by atoms with Gasteiger partial charge in [-0.05, 0) is 55.7 Å². The van der Waals surface area contributed by atoms with E-state index in [-0.39, 0.29) is 11.1 Å². The average Bonchev–Trinajstić information content (AvgIpc) is 2.46. The monoisotopic (exact) mass is 312 g/mol. The maximum atomic E-state index is 10.8. The molecule has 4 heteroatoms. The Labute approximate surface area is 137 Å². The molecule has 0 unspecified atom stereocenters. The summed E-state index contributed by atoms with van der Waals surface area (Å²) in [6.07, 6.45) is 12.6. The molecule has 0 fully saturated rings. The van der Waals surface area contributed by atoms with Crippen LogP contribution in [0.1, 0.15) is 63.1 Å². The first-order chi connectivity index (χ1) is 10.8. The number of carbonyl (C=O) groups is 1. The molecule has 1 aromatic rings. The van der Waals surface area contributed by atoms with E-state index in [2.05, 4.69) is 42.9 Å². The van der Waals surface area contributed by atoms with Crippen LogP contribution in [0.25, 0.3) is 6.08 Å². The second kappa shape index (κ2) is 6.90. The summed E-state index contributed by atoms with van der Waals surface area (Å²) in [5.41, 5.74) is 4.79. The van der Waals surface area contributed by atoms with Gasteiger partial charge in [0.05, 0.1) is 18.1 Å². The summed E-state index contributed by atoms with van der Waals surface area (Å²) in [6.45, 7) is 8.82. The van der Waals surface area contributed by atoms with E-state index >= 15 is 0 Å². The van der Waals surface area contributed by atoms with Crippen LogP contribution in [0.5, 0.6) is 0 Å². The molecule has 0 bridgehead atoms. The molecule has 1 heterocycles. The molecule has 0 amide bonds. The van der Waals surface area contributed by atoms with Crippen LogP contribution in [-0.2, 0) is 0 Å². The van der Waals surface area contributed by atoms with Gasteiger partial charge in [-0.3, -0.25) is 4.98 Å². The van der Waals surface area contributed by atoms with Crippen molar-refractivity contribution in [2.24, 2.45) is 5.41 Å². The van der Waals surface area contributed by atoms with E-state index in [4.69, 9.17) is 5.11 Å². The summed E-state index contributed by atoms with van der Waals surface area (Å²) in [6, 6.07) is 0. The Kier molecular flexibility index (Phi) is 5.14. The van der Waals surface area contributed by atoms with Gasteiger partial charge in [0.2, 0.25) is 0 Å². The van der Waals surface area contributed by atoms with E-state index in [1.807, 2.05) is 13.0 Å². The van der Waals surface area contributed by atoms with Crippen molar-refractivity contribution in [1.29, 1.82) is 0 Å². The lowest BCUT2D eigenvalue weighted by molar-refractivity contribution is 0.0690. The van der Waals surface area contributed by atoms with Crippen molar-refractivity contribution in [2.45, 2.75) is 47.0 Å². The number of nitrogens with zero attached hydrogens (tertiary/aromatic N) is 2. The van der Waals surface area contributed by atoms with Crippen LogP contribution in [0, 0.1) is 5.41 Å². The summed E-state index contributed by atoms with van der Waals surface area (Å²) in [5.74, 6) is -1.06. The second-order valence-corrected chi connectivity index (χ2v) is 6.78. The van der Waals surface area contributed by atoms with Gasteiger partial charge in [0.15, 0.2) is 5.69 Å². The predicted octanol–water partition coefficient (Wildman–Crippen LogP) is 4.66. The highest BCUT2D eigenvalue weighted by Gasteiger charge is 2.26. The lowest BCUT2D eigenvalue weighted by Gasteiger charge is -2.32. The Hall–Kier alpha value is -2.23. The van der Waals surface area contributed by atoms with Gasteiger partial charge in [-0.2, -0.15) is 0 Å². The van der Waals surface area contributed by atoms with Crippen LogP contribution >= 0.6 is 0 Å². The van der Waals surface area contributed by atoms with Crippen molar-refractivity contribution >= 4 is 12.0 Å². The highest BCUT2D eigenvalue weighted by atomic mass is 16.4. The van der Waals surface area contributed by atoms with E-state index in [0.29, 0.717) is 5.69 Å². The van der Waals surface area contributed by atoms with Gasteiger partial charge in [0.25, 0.3) is 0 Å². The standard InChI is InChI=1S/C19H24N2O2/c1-13(10-15-11-21-17(12-20-15)18(22)23)7-8-16-14(2)6-5-9-19(16,3)4/h7-8,10-12H,5-6,9H2,1-4H3,(H,22,23)/b8-7+,13-10+. The maximum Gasteiger partial charge on any atom is 0.356 e. The first kappa shape index (κ1) is 17.1. The van der Waals surface area contributed by atoms with E-state index < -0.39 is 5.97 Å². The van der Waals surface area contributed by atoms with Crippen molar-refractivity contribution in [3.8, 4) is 0 Å². The Morgan fingerprint density at radius 3 is 2.61 bits per heavy atom. The molecule has 0 saturated heterocycles. The summed E-state index contributed by atoms with van der Waals surface area (Å²) >= 11 is 0. The number of allylic oxidation sites excluding steroid dienone is 5. The third kappa shape index (κ3) is 4.38. The number of hydrogen-bond donors (Lipinski definition) is 1. The number of carboxylic acid groups (broad SMARTS) is 1. The van der Waals surface area contributed by atoms with Crippen molar-refractivity contribution < 1.29 is 9.90 Å².